The summed E-state index contributed by atoms with van der Waals surface area (Å²) >= 11 is 0. The number of aromatic nitrogens is 6. The monoisotopic (exact) mass is 1160 g/mol. The van der Waals surface area contributed by atoms with Crippen molar-refractivity contribution in [2.45, 2.75) is 103 Å². The Labute approximate surface area is 492 Å². The molecular weight excluding hydrogens is 1080 g/mol. The van der Waals surface area contributed by atoms with Crippen molar-refractivity contribution in [1.82, 2.24) is 38.9 Å². The van der Waals surface area contributed by atoms with Crippen molar-refractivity contribution in [3.63, 3.8) is 0 Å². The number of hydrogen-bond acceptors (Lipinski definition) is 19. The molecule has 4 aromatic heterocycles. The van der Waals surface area contributed by atoms with Gasteiger partial charge in [-0.1, -0.05) is 56.7 Å². The minimum atomic E-state index is -0.485. The number of cyclic esters (lactones) is 1. The first-order valence-electron chi connectivity index (χ1n) is 30.2. The van der Waals surface area contributed by atoms with Gasteiger partial charge in [0.2, 0.25) is 11.9 Å². The van der Waals surface area contributed by atoms with Crippen LogP contribution in [-0.4, -0.2) is 187 Å². The molecule has 1 aliphatic carbocycles. The number of aryl methyl sites for hydroxylation is 1. The largest absolute Gasteiger partial charge is 0.444 e. The fourth-order valence-corrected chi connectivity index (χ4v) is 11.0. The van der Waals surface area contributed by atoms with Crippen molar-refractivity contribution in [3.05, 3.63) is 112 Å². The summed E-state index contributed by atoms with van der Waals surface area (Å²) in [6.45, 7) is 17.9. The van der Waals surface area contributed by atoms with Gasteiger partial charge in [0.25, 0.3) is 5.56 Å². The summed E-state index contributed by atoms with van der Waals surface area (Å²) in [5.74, 6) is 3.38. The van der Waals surface area contributed by atoms with E-state index in [1.807, 2.05) is 33.9 Å². The number of benzene rings is 1. The number of carbonyl (C=O) groups is 2. The number of piperidine rings is 1. The topological polar surface area (TPSA) is 234 Å². The molecule has 3 N–H and O–H groups in total. The highest BCUT2D eigenvalue weighted by molar-refractivity contribution is 5.89. The summed E-state index contributed by atoms with van der Waals surface area (Å²) in [6.07, 6.45) is 14.8. The zero-order chi connectivity index (χ0) is 58.5. The molecule has 84 heavy (non-hydrogen) atoms. The van der Waals surface area contributed by atoms with Crippen LogP contribution in [0.5, 0.6) is 0 Å². The molecule has 1 aromatic carbocycles. The highest BCUT2D eigenvalue weighted by Crippen LogP contribution is 2.41. The maximum Gasteiger partial charge on any atom is 0.415 e. The molecular formula is C61H86N12O11. The number of rotatable bonds is 36. The summed E-state index contributed by atoms with van der Waals surface area (Å²) in [6, 6.07) is 14.7. The zero-order valence-corrected chi connectivity index (χ0v) is 49.1. The van der Waals surface area contributed by atoms with Gasteiger partial charge in [0.05, 0.1) is 104 Å². The van der Waals surface area contributed by atoms with Crippen LogP contribution >= 0.6 is 0 Å². The van der Waals surface area contributed by atoms with Gasteiger partial charge in [-0.05, 0) is 74.1 Å². The molecule has 0 spiro atoms. The lowest BCUT2D eigenvalue weighted by Crippen LogP contribution is -2.49. The lowest BCUT2D eigenvalue weighted by Gasteiger charge is -2.39. The van der Waals surface area contributed by atoms with Crippen LogP contribution in [0, 0.1) is 5.92 Å². The SMILES string of the molecule is C=CC(=O)N1CCN([C@@H](CC2CC2)c2ccc([C@H](C)Nc3ncc4c(n3)N(CCOCCOCCOCCOCCOCCOCCn3cc(CNc5cc(N6CCCC[C@H]6CCO)nc6c(CC)cnn56)ccc3=O)C(=O)OC4)cc2)CC1. The van der Waals surface area contributed by atoms with Gasteiger partial charge in [-0.3, -0.25) is 19.4 Å². The second-order valence-electron chi connectivity index (χ2n) is 21.8. The van der Waals surface area contributed by atoms with Gasteiger partial charge in [-0.25, -0.2) is 14.8 Å². The molecule has 3 aliphatic heterocycles. The van der Waals surface area contributed by atoms with Crippen LogP contribution < -0.4 is 26.0 Å². The van der Waals surface area contributed by atoms with E-state index in [9.17, 15) is 19.5 Å². The van der Waals surface area contributed by atoms with Crippen molar-refractivity contribution < 1.29 is 47.9 Å². The highest BCUT2D eigenvalue weighted by atomic mass is 16.6. The highest BCUT2D eigenvalue weighted by Gasteiger charge is 2.33. The Balaban J connectivity index is 0.587. The van der Waals surface area contributed by atoms with Crippen LogP contribution in [0.2, 0.25) is 0 Å². The Morgan fingerprint density at radius 3 is 2.13 bits per heavy atom. The molecule has 2 amide bonds. The number of aliphatic hydroxyl groups excluding tert-OH is 1. The predicted octanol–water partition coefficient (Wildman–Crippen LogP) is 6.20. The number of ether oxygens (including phenoxy) is 7. The molecule has 7 heterocycles. The van der Waals surface area contributed by atoms with E-state index < -0.39 is 6.09 Å². The van der Waals surface area contributed by atoms with Crippen molar-refractivity contribution >= 4 is 41.0 Å². The normalized spacial score (nSPS) is 17.3. The van der Waals surface area contributed by atoms with Crippen molar-refractivity contribution in [3.8, 4) is 0 Å². The van der Waals surface area contributed by atoms with E-state index in [0.717, 1.165) is 97.2 Å². The van der Waals surface area contributed by atoms with Gasteiger partial charge >= 0.3 is 6.09 Å². The second-order valence-corrected chi connectivity index (χ2v) is 21.8. The molecule has 23 heteroatoms. The first-order valence-corrected chi connectivity index (χ1v) is 30.2. The Morgan fingerprint density at radius 2 is 1.48 bits per heavy atom. The molecule has 9 rings (SSSR count). The van der Waals surface area contributed by atoms with Crippen molar-refractivity contribution in [1.29, 1.82) is 0 Å². The molecule has 3 fully saturated rings. The number of piperazine rings is 1. The Morgan fingerprint density at radius 1 is 0.810 bits per heavy atom. The molecule has 1 saturated carbocycles. The maximum atomic E-state index is 12.9. The smallest absolute Gasteiger partial charge is 0.415 e. The van der Waals surface area contributed by atoms with Gasteiger partial charge in [-0.2, -0.15) is 14.6 Å². The second kappa shape index (κ2) is 32.1. The third-order valence-corrected chi connectivity index (χ3v) is 15.9. The van der Waals surface area contributed by atoms with E-state index in [-0.39, 0.29) is 49.9 Å². The summed E-state index contributed by atoms with van der Waals surface area (Å²) in [7, 11) is 0. The quantitative estimate of drug-likeness (QED) is 0.0299. The van der Waals surface area contributed by atoms with E-state index in [4.69, 9.17) is 43.1 Å². The number of fused-ring (bicyclic) bond motifs is 2. The molecule has 456 valence electrons. The van der Waals surface area contributed by atoms with E-state index in [1.54, 1.807) is 16.8 Å². The van der Waals surface area contributed by atoms with E-state index >= 15 is 0 Å². The molecule has 5 aromatic rings. The molecule has 0 radical (unpaired) electrons. The average molecular weight is 1160 g/mol. The Bertz CT molecular complexity index is 2930. The number of hydrogen-bond donors (Lipinski definition) is 3. The van der Waals surface area contributed by atoms with Crippen LogP contribution in [0.4, 0.5) is 28.2 Å². The Kier molecular flexibility index (Phi) is 23.7. The van der Waals surface area contributed by atoms with Crippen LogP contribution in [0.25, 0.3) is 5.65 Å². The van der Waals surface area contributed by atoms with Crippen molar-refractivity contribution in [2.75, 3.05) is 146 Å². The molecule has 2 saturated heterocycles. The molecule has 0 unspecified atom stereocenters. The van der Waals surface area contributed by atoms with Gasteiger partial charge in [-0.15, -0.1) is 0 Å². The standard InChI is InChI=1S/C61H86N12O11/c1-4-48-42-64-73-54(39-55(66-59(48)73)71-18-7-6-8-52(71)17-25-74)62-40-47-11-16-57(76)70(43-47)23-26-78-28-30-80-32-34-82-36-37-83-35-33-81-31-29-79-27-24-72-58-51(44-84-61(72)77)41-63-60(67-58)65-45(3)49-12-14-50(15-13-49)53(38-46-9-10-46)68-19-21-69(22-20-68)56(75)5-2/h5,11-16,39,41-43,45-46,52-53,62,74H,2,4,6-10,17-38,40,44H2,1,3H3,(H,63,65,67)/t45-,52-,53-/m0/s1. The fourth-order valence-electron chi connectivity index (χ4n) is 11.0. The fraction of sp³-hybridized carbons (Fsp3) is 0.590. The number of aliphatic hydroxyl groups is 1. The summed E-state index contributed by atoms with van der Waals surface area (Å²) in [5.41, 5.74) is 5.84. The van der Waals surface area contributed by atoms with Crippen molar-refractivity contribution in [2.24, 2.45) is 5.92 Å². The third kappa shape index (κ3) is 17.5. The number of nitrogens with one attached hydrogen (secondary N) is 2. The summed E-state index contributed by atoms with van der Waals surface area (Å²) < 4.78 is 43.1. The maximum absolute atomic E-state index is 12.9. The number of anilines is 4. The van der Waals surface area contributed by atoms with Crippen LogP contribution in [0.1, 0.15) is 98.7 Å². The van der Waals surface area contributed by atoms with E-state index in [0.29, 0.717) is 123 Å². The Hall–Kier alpha value is -6.57. The van der Waals surface area contributed by atoms with Gasteiger partial charge < -0.3 is 63.3 Å². The van der Waals surface area contributed by atoms with Gasteiger partial charge in [0.15, 0.2) is 5.65 Å². The molecule has 0 bridgehead atoms. The van der Waals surface area contributed by atoms with Crippen LogP contribution in [-0.2, 0) is 64.1 Å². The zero-order valence-electron chi connectivity index (χ0n) is 49.1. The number of amides is 2. The molecule has 4 aliphatic rings. The van der Waals surface area contributed by atoms with Crippen LogP contribution in [0.15, 0.2) is 78.5 Å². The van der Waals surface area contributed by atoms with Gasteiger partial charge in [0.1, 0.15) is 24.1 Å². The minimum Gasteiger partial charge on any atom is -0.444 e. The molecule has 23 nitrogen and oxygen atoms in total. The lowest BCUT2D eigenvalue weighted by atomic mass is 9.96. The lowest BCUT2D eigenvalue weighted by molar-refractivity contribution is -0.128. The third-order valence-electron chi connectivity index (χ3n) is 15.9. The molecule has 3 atom stereocenters. The van der Waals surface area contributed by atoms with Gasteiger partial charge in [0, 0.05) is 94.6 Å². The van der Waals surface area contributed by atoms with E-state index in [2.05, 4.69) is 75.2 Å². The number of pyridine rings is 1. The number of carbonyl (C=O) groups excluding carboxylic acids is 2. The van der Waals surface area contributed by atoms with Crippen LogP contribution in [0.3, 0.4) is 0 Å². The number of nitrogens with zero attached hydrogens (tertiary/aromatic N) is 10. The summed E-state index contributed by atoms with van der Waals surface area (Å²) in [5, 5.41) is 21.4. The average Bonchev–Trinajstić information content (AvgIpc) is 2.95. The first kappa shape index (κ1) is 62.0. The van der Waals surface area contributed by atoms with E-state index in [1.165, 1.54) is 29.4 Å². The minimum absolute atomic E-state index is 0.00130. The predicted molar refractivity (Wildman–Crippen MR) is 318 cm³/mol. The first-order chi connectivity index (χ1) is 41.2. The summed E-state index contributed by atoms with van der Waals surface area (Å²) in [4.78, 5) is 60.4.